The Hall–Kier alpha value is -0.620. The van der Waals surface area contributed by atoms with Crippen LogP contribution in [-0.4, -0.2) is 43.3 Å². The van der Waals surface area contributed by atoms with Crippen LogP contribution in [0.15, 0.2) is 6.20 Å². The van der Waals surface area contributed by atoms with E-state index in [1.807, 2.05) is 11.6 Å². The van der Waals surface area contributed by atoms with Crippen LogP contribution in [0, 0.1) is 0 Å². The molecule has 0 saturated carbocycles. The highest BCUT2D eigenvalue weighted by Gasteiger charge is 2.19. The first-order valence-electron chi connectivity index (χ1n) is 6.75. The van der Waals surface area contributed by atoms with E-state index in [0.717, 1.165) is 25.3 Å². The zero-order valence-corrected chi connectivity index (χ0v) is 12.7. The fraction of sp³-hybridized carbons (Fsp3) is 0.769. The lowest BCUT2D eigenvalue weighted by Crippen LogP contribution is -2.26. The third-order valence-corrected chi connectivity index (χ3v) is 3.17. The van der Waals surface area contributed by atoms with Crippen molar-refractivity contribution in [3.05, 3.63) is 16.9 Å². The molecule has 1 N–H and O–H groups in total. The number of nitrogens with zero attached hydrogens (tertiary/aromatic N) is 2. The molecule has 5 nitrogen and oxygen atoms in total. The van der Waals surface area contributed by atoms with Crippen LogP contribution in [0.25, 0.3) is 0 Å². The lowest BCUT2D eigenvalue weighted by molar-refractivity contribution is 0.135. The van der Waals surface area contributed by atoms with Gasteiger partial charge in [-0.1, -0.05) is 18.5 Å². The molecule has 1 rings (SSSR count). The van der Waals surface area contributed by atoms with E-state index in [2.05, 4.69) is 17.3 Å². The molecule has 0 spiro atoms. The molecule has 0 bridgehead atoms. The highest BCUT2D eigenvalue weighted by Crippen LogP contribution is 2.25. The Morgan fingerprint density at radius 1 is 1.42 bits per heavy atom. The van der Waals surface area contributed by atoms with Gasteiger partial charge in [-0.25, -0.2) is 0 Å². The number of ether oxygens (including phenoxy) is 2. The van der Waals surface area contributed by atoms with Gasteiger partial charge in [0.05, 0.1) is 36.1 Å². The van der Waals surface area contributed by atoms with Crippen molar-refractivity contribution in [1.82, 2.24) is 15.1 Å². The van der Waals surface area contributed by atoms with E-state index < -0.39 is 0 Å². The molecule has 0 fully saturated rings. The highest BCUT2D eigenvalue weighted by molar-refractivity contribution is 6.31. The van der Waals surface area contributed by atoms with E-state index >= 15 is 0 Å². The van der Waals surface area contributed by atoms with Crippen LogP contribution in [-0.2, 0) is 16.0 Å². The monoisotopic (exact) mass is 289 g/mol. The van der Waals surface area contributed by atoms with Crippen LogP contribution in [0.2, 0.25) is 5.02 Å². The number of hydrogen-bond acceptors (Lipinski definition) is 4. The summed E-state index contributed by atoms with van der Waals surface area (Å²) in [6, 6.07) is 0.156. The fourth-order valence-corrected chi connectivity index (χ4v) is 2.27. The summed E-state index contributed by atoms with van der Waals surface area (Å²) in [6.45, 7) is 7.72. The largest absolute Gasteiger partial charge is 0.383 e. The maximum absolute atomic E-state index is 6.26. The molecule has 1 aromatic heterocycles. The summed E-state index contributed by atoms with van der Waals surface area (Å²) in [5.74, 6) is 0. The van der Waals surface area contributed by atoms with Crippen LogP contribution in [0.4, 0.5) is 0 Å². The van der Waals surface area contributed by atoms with Gasteiger partial charge in [-0.05, 0) is 19.9 Å². The smallest absolute Gasteiger partial charge is 0.0834 e. The Labute approximate surface area is 120 Å². The molecule has 0 aromatic carbocycles. The van der Waals surface area contributed by atoms with E-state index in [-0.39, 0.29) is 6.04 Å². The minimum Gasteiger partial charge on any atom is -0.383 e. The third-order valence-electron chi connectivity index (χ3n) is 2.88. The average molecular weight is 290 g/mol. The quantitative estimate of drug-likeness (QED) is 0.671. The highest BCUT2D eigenvalue weighted by atomic mass is 35.5. The summed E-state index contributed by atoms with van der Waals surface area (Å²) >= 11 is 6.26. The number of rotatable bonds is 10. The molecule has 0 aliphatic rings. The third kappa shape index (κ3) is 5.10. The molecule has 110 valence electrons. The Kier molecular flexibility index (Phi) is 8.05. The molecule has 1 atom stereocenters. The van der Waals surface area contributed by atoms with Crippen molar-refractivity contribution >= 4 is 11.6 Å². The molecule has 0 aliphatic carbocycles. The lowest BCUT2D eigenvalue weighted by atomic mass is 10.1. The maximum Gasteiger partial charge on any atom is 0.0834 e. The van der Waals surface area contributed by atoms with E-state index in [9.17, 15) is 0 Å². The Bertz CT molecular complexity index is 358. The lowest BCUT2D eigenvalue weighted by Gasteiger charge is -2.20. The Morgan fingerprint density at radius 3 is 2.84 bits per heavy atom. The van der Waals surface area contributed by atoms with Crippen LogP contribution < -0.4 is 5.32 Å². The molecule has 1 unspecified atom stereocenters. The van der Waals surface area contributed by atoms with Crippen molar-refractivity contribution < 1.29 is 9.47 Å². The molecule has 0 saturated heterocycles. The molecule has 1 aromatic rings. The standard InChI is InChI=1S/C13H24ClN3O2/c1-4-15-12(6-8-19-5-2)13-11(14)10-16-17(13)7-9-18-3/h10,12,15H,4-9H2,1-3H3. The van der Waals surface area contributed by atoms with Gasteiger partial charge in [0.25, 0.3) is 0 Å². The van der Waals surface area contributed by atoms with Crippen molar-refractivity contribution in [2.75, 3.05) is 33.5 Å². The van der Waals surface area contributed by atoms with E-state index in [4.69, 9.17) is 21.1 Å². The number of aromatic nitrogens is 2. The van der Waals surface area contributed by atoms with Gasteiger partial charge < -0.3 is 14.8 Å². The van der Waals surface area contributed by atoms with E-state index in [1.165, 1.54) is 0 Å². The second kappa shape index (κ2) is 9.31. The molecule has 0 radical (unpaired) electrons. The molecule has 6 heteroatoms. The fourth-order valence-electron chi connectivity index (χ4n) is 2.00. The van der Waals surface area contributed by atoms with Crippen LogP contribution >= 0.6 is 11.6 Å². The van der Waals surface area contributed by atoms with Gasteiger partial charge >= 0.3 is 0 Å². The van der Waals surface area contributed by atoms with Crippen LogP contribution in [0.3, 0.4) is 0 Å². The maximum atomic E-state index is 6.26. The first-order chi connectivity index (χ1) is 9.24. The molecule has 0 aliphatic heterocycles. The van der Waals surface area contributed by atoms with E-state index in [1.54, 1.807) is 13.3 Å². The van der Waals surface area contributed by atoms with Crippen LogP contribution in [0.5, 0.6) is 0 Å². The van der Waals surface area contributed by atoms with Crippen LogP contribution in [0.1, 0.15) is 32.0 Å². The second-order valence-corrected chi connectivity index (χ2v) is 4.60. The number of nitrogens with one attached hydrogen (secondary N) is 1. The van der Waals surface area contributed by atoms with Gasteiger partial charge in [-0.3, -0.25) is 4.68 Å². The second-order valence-electron chi connectivity index (χ2n) is 4.19. The Balaban J connectivity index is 2.77. The van der Waals surface area contributed by atoms with Crippen molar-refractivity contribution in [2.45, 2.75) is 32.9 Å². The average Bonchev–Trinajstić information content (AvgIpc) is 2.77. The number of halogens is 1. The molecular weight excluding hydrogens is 266 g/mol. The van der Waals surface area contributed by atoms with Gasteiger partial charge in [-0.2, -0.15) is 5.10 Å². The molecular formula is C13H24ClN3O2. The van der Waals surface area contributed by atoms with Crippen molar-refractivity contribution in [3.63, 3.8) is 0 Å². The van der Waals surface area contributed by atoms with Gasteiger partial charge in [0, 0.05) is 20.3 Å². The van der Waals surface area contributed by atoms with Gasteiger partial charge in [0.2, 0.25) is 0 Å². The van der Waals surface area contributed by atoms with Crippen molar-refractivity contribution in [3.8, 4) is 0 Å². The summed E-state index contributed by atoms with van der Waals surface area (Å²) in [7, 11) is 1.68. The summed E-state index contributed by atoms with van der Waals surface area (Å²) in [6.07, 6.45) is 2.57. The van der Waals surface area contributed by atoms with Crippen molar-refractivity contribution in [2.24, 2.45) is 0 Å². The number of hydrogen-bond donors (Lipinski definition) is 1. The SMILES string of the molecule is CCNC(CCOCC)c1c(Cl)cnn1CCOC. The minimum absolute atomic E-state index is 0.156. The summed E-state index contributed by atoms with van der Waals surface area (Å²) in [5.41, 5.74) is 1.01. The zero-order chi connectivity index (χ0) is 14.1. The molecule has 1 heterocycles. The Morgan fingerprint density at radius 2 is 2.21 bits per heavy atom. The topological polar surface area (TPSA) is 48.3 Å². The zero-order valence-electron chi connectivity index (χ0n) is 12.0. The molecule has 0 amide bonds. The summed E-state index contributed by atoms with van der Waals surface area (Å²) in [5, 5.41) is 8.44. The predicted molar refractivity (Wildman–Crippen MR) is 76.6 cm³/mol. The summed E-state index contributed by atoms with van der Waals surface area (Å²) < 4.78 is 12.4. The number of methoxy groups -OCH3 is 1. The first-order valence-corrected chi connectivity index (χ1v) is 7.13. The minimum atomic E-state index is 0.156. The van der Waals surface area contributed by atoms with Gasteiger partial charge in [0.1, 0.15) is 0 Å². The normalized spacial score (nSPS) is 12.8. The van der Waals surface area contributed by atoms with E-state index in [0.29, 0.717) is 24.8 Å². The summed E-state index contributed by atoms with van der Waals surface area (Å²) in [4.78, 5) is 0. The molecule has 19 heavy (non-hydrogen) atoms. The van der Waals surface area contributed by atoms with Crippen molar-refractivity contribution in [1.29, 1.82) is 0 Å². The predicted octanol–water partition coefficient (Wildman–Crippen LogP) is 2.26. The van der Waals surface area contributed by atoms with Gasteiger partial charge in [-0.15, -0.1) is 0 Å². The van der Waals surface area contributed by atoms with Gasteiger partial charge in [0.15, 0.2) is 0 Å². The first kappa shape index (κ1) is 16.4.